The van der Waals surface area contributed by atoms with E-state index in [1.807, 2.05) is 24.4 Å². The van der Waals surface area contributed by atoms with Crippen LogP contribution in [0.2, 0.25) is 0 Å². The molecule has 25 heavy (non-hydrogen) atoms. The number of nitrogens with zero attached hydrogens (tertiary/aromatic N) is 5. The van der Waals surface area contributed by atoms with Gasteiger partial charge >= 0.3 is 0 Å². The largest absolute Gasteiger partial charge is 0.397 e. The number of likely N-dealkylation sites (N-methyl/N-ethyl adjacent to an activating group) is 1. The molecule has 1 fully saturated rings. The quantitative estimate of drug-likeness (QED) is 0.746. The molecule has 6 nitrogen and oxygen atoms in total. The first-order valence-corrected chi connectivity index (χ1v) is 8.38. The molecule has 2 aromatic heterocycles. The summed E-state index contributed by atoms with van der Waals surface area (Å²) in [6.07, 6.45) is 8.06. The van der Waals surface area contributed by atoms with Crippen LogP contribution in [0.4, 0.5) is 11.4 Å². The molecule has 126 valence electrons. The smallest absolute Gasteiger partial charge is 0.108 e. The zero-order chi connectivity index (χ0) is 17.2. The summed E-state index contributed by atoms with van der Waals surface area (Å²) in [5.41, 5.74) is 11.3. The number of benzene rings is 1. The zero-order valence-corrected chi connectivity index (χ0v) is 14.1. The van der Waals surface area contributed by atoms with Crippen molar-refractivity contribution in [2.24, 2.45) is 4.99 Å². The average Bonchev–Trinajstić information content (AvgIpc) is 3.06. The minimum atomic E-state index is 0.378. The van der Waals surface area contributed by atoms with Gasteiger partial charge in [-0.25, -0.2) is 0 Å². The van der Waals surface area contributed by atoms with E-state index in [4.69, 9.17) is 5.73 Å². The summed E-state index contributed by atoms with van der Waals surface area (Å²) in [6.45, 7) is 2.07. The molecule has 3 aromatic rings. The van der Waals surface area contributed by atoms with Crippen LogP contribution in [0.25, 0.3) is 11.0 Å². The van der Waals surface area contributed by atoms with Crippen LogP contribution in [0, 0.1) is 0 Å². The zero-order valence-electron chi connectivity index (χ0n) is 14.1. The number of aromatic nitrogens is 3. The number of pyridine rings is 1. The highest BCUT2D eigenvalue weighted by atomic mass is 15.1. The van der Waals surface area contributed by atoms with Gasteiger partial charge in [0.25, 0.3) is 0 Å². The molecule has 0 radical (unpaired) electrons. The molecule has 6 heteroatoms. The van der Waals surface area contributed by atoms with Crippen LogP contribution < -0.4 is 5.73 Å². The number of hydrogen-bond donors (Lipinski definition) is 1. The SMILES string of the molecule is CN1CCC(c2nccc(N)c2N=Cc2ccc3nccnc3c2)C1. The number of likely N-dealkylation sites (tertiary alicyclic amines) is 1. The third kappa shape index (κ3) is 3.21. The van der Waals surface area contributed by atoms with E-state index in [2.05, 4.69) is 31.9 Å². The predicted octanol–water partition coefficient (Wildman–Crippen LogP) is 2.78. The molecular weight excluding hydrogens is 312 g/mol. The van der Waals surface area contributed by atoms with Gasteiger partial charge in [-0.1, -0.05) is 6.07 Å². The molecule has 1 saturated heterocycles. The third-order valence-corrected chi connectivity index (χ3v) is 4.60. The molecule has 2 N–H and O–H groups in total. The van der Waals surface area contributed by atoms with Crippen LogP contribution in [0.1, 0.15) is 23.6 Å². The van der Waals surface area contributed by atoms with Gasteiger partial charge in [-0.15, -0.1) is 0 Å². The number of fused-ring (bicyclic) bond motifs is 1. The molecule has 1 aromatic carbocycles. The van der Waals surface area contributed by atoms with Gasteiger partial charge in [0, 0.05) is 37.3 Å². The van der Waals surface area contributed by atoms with Crippen molar-refractivity contribution in [3.8, 4) is 0 Å². The lowest BCUT2D eigenvalue weighted by Gasteiger charge is -2.13. The molecule has 1 atom stereocenters. The second-order valence-corrected chi connectivity index (χ2v) is 6.44. The molecule has 0 spiro atoms. The van der Waals surface area contributed by atoms with E-state index in [0.717, 1.165) is 47.5 Å². The van der Waals surface area contributed by atoms with Crippen molar-refractivity contribution in [1.82, 2.24) is 19.9 Å². The van der Waals surface area contributed by atoms with Crippen LogP contribution in [0.5, 0.6) is 0 Å². The summed E-state index contributed by atoms with van der Waals surface area (Å²) >= 11 is 0. The summed E-state index contributed by atoms with van der Waals surface area (Å²) in [4.78, 5) is 20.2. The lowest BCUT2D eigenvalue weighted by molar-refractivity contribution is 0.411. The standard InChI is InChI=1S/C19H20N6/c1-25-9-5-14(12-25)18-19(15(20)4-6-23-18)24-11-13-2-3-16-17(10-13)22-8-7-21-16/h2-4,6-8,10-11,14H,5,9,12H2,1H3,(H2,20,23). The maximum Gasteiger partial charge on any atom is 0.108 e. The minimum Gasteiger partial charge on any atom is -0.397 e. The number of rotatable bonds is 3. The topological polar surface area (TPSA) is 80.3 Å². The Labute approximate surface area is 146 Å². The van der Waals surface area contributed by atoms with Gasteiger partial charge in [-0.3, -0.25) is 19.9 Å². The van der Waals surface area contributed by atoms with Gasteiger partial charge in [-0.2, -0.15) is 0 Å². The van der Waals surface area contributed by atoms with Crippen LogP contribution in [0.15, 0.2) is 47.8 Å². The van der Waals surface area contributed by atoms with E-state index >= 15 is 0 Å². The Kier molecular flexibility index (Phi) is 4.11. The number of nitrogens with two attached hydrogens (primary N) is 1. The van der Waals surface area contributed by atoms with Crippen molar-refractivity contribution in [1.29, 1.82) is 0 Å². The Bertz CT molecular complexity index is 936. The van der Waals surface area contributed by atoms with Gasteiger partial charge in [0.1, 0.15) is 5.69 Å². The van der Waals surface area contributed by atoms with E-state index in [9.17, 15) is 0 Å². The van der Waals surface area contributed by atoms with E-state index in [0.29, 0.717) is 11.6 Å². The fourth-order valence-electron chi connectivity index (χ4n) is 3.28. The van der Waals surface area contributed by atoms with Crippen molar-refractivity contribution in [3.63, 3.8) is 0 Å². The lowest BCUT2D eigenvalue weighted by atomic mass is 10.0. The molecule has 0 amide bonds. The molecule has 1 aliphatic heterocycles. The summed E-state index contributed by atoms with van der Waals surface area (Å²) in [5, 5.41) is 0. The Hall–Kier alpha value is -2.86. The minimum absolute atomic E-state index is 0.378. The Morgan fingerprint density at radius 1 is 1.12 bits per heavy atom. The number of aliphatic imine (C=N–C) groups is 1. The fourth-order valence-corrected chi connectivity index (χ4v) is 3.28. The van der Waals surface area contributed by atoms with Gasteiger partial charge < -0.3 is 10.6 Å². The highest BCUT2D eigenvalue weighted by Gasteiger charge is 2.25. The van der Waals surface area contributed by atoms with E-state index in [1.165, 1.54) is 0 Å². The van der Waals surface area contributed by atoms with Crippen molar-refractivity contribution < 1.29 is 0 Å². The van der Waals surface area contributed by atoms with E-state index < -0.39 is 0 Å². The second-order valence-electron chi connectivity index (χ2n) is 6.44. The fraction of sp³-hybridized carbons (Fsp3) is 0.263. The first kappa shape index (κ1) is 15.7. The van der Waals surface area contributed by atoms with Gasteiger partial charge in [-0.05, 0) is 43.8 Å². The summed E-state index contributed by atoms with van der Waals surface area (Å²) in [5.74, 6) is 0.378. The number of anilines is 1. The molecule has 1 unspecified atom stereocenters. The monoisotopic (exact) mass is 332 g/mol. The number of nitrogen functional groups attached to an aromatic ring is 1. The predicted molar refractivity (Wildman–Crippen MR) is 100 cm³/mol. The van der Waals surface area contributed by atoms with Crippen LogP contribution >= 0.6 is 0 Å². The van der Waals surface area contributed by atoms with Gasteiger partial charge in [0.2, 0.25) is 0 Å². The second kappa shape index (κ2) is 6.57. The normalized spacial score (nSPS) is 18.4. The molecule has 4 rings (SSSR count). The third-order valence-electron chi connectivity index (χ3n) is 4.60. The highest BCUT2D eigenvalue weighted by Crippen LogP contribution is 2.35. The van der Waals surface area contributed by atoms with Crippen molar-refractivity contribution >= 4 is 28.6 Å². The maximum atomic E-state index is 6.19. The molecule has 0 saturated carbocycles. The van der Waals surface area contributed by atoms with Gasteiger partial charge in [0.05, 0.1) is 22.4 Å². The Balaban J connectivity index is 1.68. The van der Waals surface area contributed by atoms with Crippen LogP contribution in [-0.4, -0.2) is 46.2 Å². The average molecular weight is 332 g/mol. The summed E-state index contributed by atoms with van der Waals surface area (Å²) in [6, 6.07) is 7.71. The van der Waals surface area contributed by atoms with E-state index in [1.54, 1.807) is 24.7 Å². The first-order chi connectivity index (χ1) is 12.2. The Morgan fingerprint density at radius 2 is 1.96 bits per heavy atom. The molecular formula is C19H20N6. The lowest BCUT2D eigenvalue weighted by Crippen LogP contribution is -2.14. The van der Waals surface area contributed by atoms with E-state index in [-0.39, 0.29) is 0 Å². The molecule has 3 heterocycles. The van der Waals surface area contributed by atoms with Crippen LogP contribution in [-0.2, 0) is 0 Å². The highest BCUT2D eigenvalue weighted by molar-refractivity contribution is 5.89. The Morgan fingerprint density at radius 3 is 2.76 bits per heavy atom. The molecule has 0 aliphatic carbocycles. The number of hydrogen-bond acceptors (Lipinski definition) is 6. The van der Waals surface area contributed by atoms with Crippen molar-refractivity contribution in [3.05, 3.63) is 54.1 Å². The summed E-state index contributed by atoms with van der Waals surface area (Å²) in [7, 11) is 2.13. The summed E-state index contributed by atoms with van der Waals surface area (Å²) < 4.78 is 0. The van der Waals surface area contributed by atoms with Crippen LogP contribution in [0.3, 0.4) is 0 Å². The molecule has 0 bridgehead atoms. The first-order valence-electron chi connectivity index (χ1n) is 8.38. The molecule has 1 aliphatic rings. The van der Waals surface area contributed by atoms with Crippen molar-refractivity contribution in [2.75, 3.05) is 25.9 Å². The van der Waals surface area contributed by atoms with Crippen molar-refractivity contribution in [2.45, 2.75) is 12.3 Å². The maximum absolute atomic E-state index is 6.19. The van der Waals surface area contributed by atoms with Gasteiger partial charge in [0.15, 0.2) is 0 Å².